The number of amides is 1. The molecule has 0 radical (unpaired) electrons. The normalized spacial score (nSPS) is 11.0. The molecule has 0 aliphatic carbocycles. The number of aromatic nitrogens is 1. The molecule has 0 spiro atoms. The van der Waals surface area contributed by atoms with E-state index in [0.29, 0.717) is 11.5 Å². The Hall–Kier alpha value is -3.34. The monoisotopic (exact) mass is 376 g/mol. The zero-order valence-corrected chi connectivity index (χ0v) is 16.6. The number of nitrogens with one attached hydrogen (secondary N) is 1. The fraction of sp³-hybridized carbons (Fsp3) is 0.217. The van der Waals surface area contributed by atoms with E-state index in [-0.39, 0.29) is 5.91 Å². The number of ether oxygens (including phenoxy) is 2. The van der Waals surface area contributed by atoms with E-state index in [0.717, 1.165) is 39.8 Å². The zero-order chi connectivity index (χ0) is 20.1. The molecular formula is C23H24N2O3. The third-order valence-electron chi connectivity index (χ3n) is 4.65. The minimum atomic E-state index is -0.198. The topological polar surface area (TPSA) is 60.5 Å². The molecule has 0 atom stereocenters. The first-order valence-corrected chi connectivity index (χ1v) is 9.16. The van der Waals surface area contributed by atoms with E-state index >= 15 is 0 Å². The third-order valence-corrected chi connectivity index (χ3v) is 4.65. The van der Waals surface area contributed by atoms with Crippen molar-refractivity contribution in [3.05, 3.63) is 65.4 Å². The minimum Gasteiger partial charge on any atom is -0.493 e. The molecule has 5 heteroatoms. The van der Waals surface area contributed by atoms with Gasteiger partial charge in [0, 0.05) is 17.2 Å². The second kappa shape index (κ2) is 8.57. The Morgan fingerprint density at radius 1 is 1.11 bits per heavy atom. The van der Waals surface area contributed by atoms with Crippen molar-refractivity contribution in [2.45, 2.75) is 20.3 Å². The molecule has 28 heavy (non-hydrogen) atoms. The minimum absolute atomic E-state index is 0.198. The number of anilines is 1. The summed E-state index contributed by atoms with van der Waals surface area (Å²) in [6, 6.07) is 13.3. The standard InChI is InChI=1S/C23H24N2O3/c1-5-18-15(2)23(17-8-6-7-9-19(17)24-18)25-22(26)13-11-16-10-12-20(27-3)21(14-16)28-4/h6-14H,5H2,1-4H3,(H,24,25,26)/b13-11+. The summed E-state index contributed by atoms with van der Waals surface area (Å²) in [6.45, 7) is 4.05. The molecule has 3 rings (SSSR count). The van der Waals surface area contributed by atoms with Gasteiger partial charge in [0.25, 0.3) is 0 Å². The van der Waals surface area contributed by atoms with Crippen LogP contribution in [-0.2, 0) is 11.2 Å². The highest BCUT2D eigenvalue weighted by molar-refractivity contribution is 6.08. The summed E-state index contributed by atoms with van der Waals surface area (Å²) in [5.74, 6) is 1.07. The third kappa shape index (κ3) is 3.98. The highest BCUT2D eigenvalue weighted by Gasteiger charge is 2.12. The highest BCUT2D eigenvalue weighted by atomic mass is 16.5. The number of hydrogen-bond donors (Lipinski definition) is 1. The molecule has 0 saturated carbocycles. The fourth-order valence-electron chi connectivity index (χ4n) is 3.16. The summed E-state index contributed by atoms with van der Waals surface area (Å²) in [5.41, 5.74) is 4.51. The Labute approximate surface area is 165 Å². The Bertz CT molecular complexity index is 1040. The van der Waals surface area contributed by atoms with Crippen LogP contribution in [0.2, 0.25) is 0 Å². The highest BCUT2D eigenvalue weighted by Crippen LogP contribution is 2.29. The first-order valence-electron chi connectivity index (χ1n) is 9.16. The van der Waals surface area contributed by atoms with Crippen LogP contribution in [0.3, 0.4) is 0 Å². The predicted octanol–water partition coefficient (Wildman–Crippen LogP) is 4.77. The molecule has 1 amide bonds. The van der Waals surface area contributed by atoms with Gasteiger partial charge in [-0.05, 0) is 48.7 Å². The van der Waals surface area contributed by atoms with Crippen molar-refractivity contribution < 1.29 is 14.3 Å². The zero-order valence-electron chi connectivity index (χ0n) is 16.6. The lowest BCUT2D eigenvalue weighted by Crippen LogP contribution is -2.11. The van der Waals surface area contributed by atoms with Crippen LogP contribution in [-0.4, -0.2) is 25.1 Å². The molecule has 2 aromatic carbocycles. The summed E-state index contributed by atoms with van der Waals surface area (Å²) >= 11 is 0. The number of benzene rings is 2. The number of carbonyl (C=O) groups excluding carboxylic acids is 1. The number of nitrogens with zero attached hydrogens (tertiary/aromatic N) is 1. The molecule has 0 saturated heterocycles. The summed E-state index contributed by atoms with van der Waals surface area (Å²) < 4.78 is 10.5. The van der Waals surface area contributed by atoms with Gasteiger partial charge in [0.05, 0.1) is 25.4 Å². The van der Waals surface area contributed by atoms with Gasteiger partial charge in [0.1, 0.15) is 0 Å². The van der Waals surface area contributed by atoms with Gasteiger partial charge >= 0.3 is 0 Å². The van der Waals surface area contributed by atoms with Gasteiger partial charge in [-0.25, -0.2) is 0 Å². The van der Waals surface area contributed by atoms with Crippen LogP contribution in [0.5, 0.6) is 11.5 Å². The van der Waals surface area contributed by atoms with E-state index in [1.807, 2.05) is 49.4 Å². The van der Waals surface area contributed by atoms with Gasteiger partial charge in [-0.15, -0.1) is 0 Å². The van der Waals surface area contributed by atoms with Crippen LogP contribution in [0.25, 0.3) is 17.0 Å². The lowest BCUT2D eigenvalue weighted by Gasteiger charge is -2.14. The molecule has 1 heterocycles. The summed E-state index contributed by atoms with van der Waals surface area (Å²) in [6.07, 6.45) is 4.07. The molecule has 0 unspecified atom stereocenters. The average Bonchev–Trinajstić information content (AvgIpc) is 2.73. The quantitative estimate of drug-likeness (QED) is 0.629. The number of aryl methyl sites for hydroxylation is 1. The van der Waals surface area contributed by atoms with E-state index in [4.69, 9.17) is 14.5 Å². The van der Waals surface area contributed by atoms with Gasteiger partial charge in [-0.2, -0.15) is 0 Å². The number of rotatable bonds is 6. The van der Waals surface area contributed by atoms with Crippen molar-refractivity contribution in [1.29, 1.82) is 0 Å². The SMILES string of the molecule is CCc1nc2ccccc2c(NC(=O)/C=C/c2ccc(OC)c(OC)c2)c1C. The Morgan fingerprint density at radius 2 is 1.86 bits per heavy atom. The van der Waals surface area contributed by atoms with Crippen LogP contribution >= 0.6 is 0 Å². The Balaban J connectivity index is 1.87. The summed E-state index contributed by atoms with van der Waals surface area (Å²) in [4.78, 5) is 17.3. The van der Waals surface area contributed by atoms with E-state index in [1.165, 1.54) is 6.08 Å². The number of fused-ring (bicyclic) bond motifs is 1. The van der Waals surface area contributed by atoms with Crippen LogP contribution in [0.1, 0.15) is 23.7 Å². The average molecular weight is 376 g/mol. The molecule has 0 aliphatic heterocycles. The molecule has 0 aliphatic rings. The maximum Gasteiger partial charge on any atom is 0.248 e. The van der Waals surface area contributed by atoms with Crippen molar-refractivity contribution in [3.63, 3.8) is 0 Å². The smallest absolute Gasteiger partial charge is 0.248 e. The van der Waals surface area contributed by atoms with Crippen molar-refractivity contribution in [2.24, 2.45) is 0 Å². The molecule has 0 fully saturated rings. The second-order valence-electron chi connectivity index (χ2n) is 6.37. The maximum absolute atomic E-state index is 12.6. The maximum atomic E-state index is 12.6. The predicted molar refractivity (Wildman–Crippen MR) is 113 cm³/mol. The van der Waals surface area contributed by atoms with Crippen LogP contribution in [0, 0.1) is 6.92 Å². The Kier molecular flexibility index (Phi) is 5.94. The second-order valence-corrected chi connectivity index (χ2v) is 6.37. The first-order chi connectivity index (χ1) is 13.6. The van der Waals surface area contributed by atoms with E-state index in [1.54, 1.807) is 20.3 Å². The van der Waals surface area contributed by atoms with Crippen molar-refractivity contribution in [3.8, 4) is 11.5 Å². The van der Waals surface area contributed by atoms with E-state index < -0.39 is 0 Å². The number of para-hydroxylation sites is 1. The molecule has 5 nitrogen and oxygen atoms in total. The van der Waals surface area contributed by atoms with Gasteiger partial charge in [0.2, 0.25) is 5.91 Å². The van der Waals surface area contributed by atoms with Crippen molar-refractivity contribution >= 4 is 28.6 Å². The molecular weight excluding hydrogens is 352 g/mol. The molecule has 0 bridgehead atoms. The first kappa shape index (κ1) is 19.4. The molecule has 144 valence electrons. The van der Waals surface area contributed by atoms with E-state index in [9.17, 15) is 4.79 Å². The lowest BCUT2D eigenvalue weighted by atomic mass is 10.1. The van der Waals surface area contributed by atoms with Gasteiger partial charge in [-0.3, -0.25) is 9.78 Å². The molecule has 3 aromatic rings. The summed E-state index contributed by atoms with van der Waals surface area (Å²) in [7, 11) is 3.17. The van der Waals surface area contributed by atoms with Gasteiger partial charge in [0.15, 0.2) is 11.5 Å². The number of carbonyl (C=O) groups is 1. The van der Waals surface area contributed by atoms with Crippen LogP contribution in [0.15, 0.2) is 48.5 Å². The van der Waals surface area contributed by atoms with Crippen LogP contribution < -0.4 is 14.8 Å². The fourth-order valence-corrected chi connectivity index (χ4v) is 3.16. The Morgan fingerprint density at radius 3 is 2.57 bits per heavy atom. The van der Waals surface area contributed by atoms with Gasteiger partial charge in [-0.1, -0.05) is 31.2 Å². The lowest BCUT2D eigenvalue weighted by molar-refractivity contribution is -0.111. The van der Waals surface area contributed by atoms with E-state index in [2.05, 4.69) is 12.2 Å². The molecule has 1 aromatic heterocycles. The van der Waals surface area contributed by atoms with Crippen molar-refractivity contribution in [2.75, 3.05) is 19.5 Å². The van der Waals surface area contributed by atoms with Gasteiger partial charge < -0.3 is 14.8 Å². The molecule has 1 N–H and O–H groups in total. The van der Waals surface area contributed by atoms with Crippen molar-refractivity contribution in [1.82, 2.24) is 4.98 Å². The van der Waals surface area contributed by atoms with Crippen LogP contribution in [0.4, 0.5) is 5.69 Å². The summed E-state index contributed by atoms with van der Waals surface area (Å²) in [5, 5.41) is 3.96. The largest absolute Gasteiger partial charge is 0.493 e. The number of pyridine rings is 1. The number of hydrogen-bond acceptors (Lipinski definition) is 4. The number of methoxy groups -OCH3 is 2.